The van der Waals surface area contributed by atoms with Gasteiger partial charge in [-0.2, -0.15) is 8.42 Å². The van der Waals surface area contributed by atoms with Crippen LogP contribution >= 0.6 is 15.9 Å². The van der Waals surface area contributed by atoms with Crippen molar-refractivity contribution in [3.05, 3.63) is 64.1 Å². The Kier molecular flexibility index (Phi) is 7.44. The average Bonchev–Trinajstić information content (AvgIpc) is 2.86. The molecule has 0 spiro atoms. The number of sulfonamides is 1. The fraction of sp³-hybridized carbons (Fsp3) is 0.500. The zero-order valence-corrected chi connectivity index (χ0v) is 22.8. The summed E-state index contributed by atoms with van der Waals surface area (Å²) in [6.45, 7) is 1.95. The molecular formula is C28H34BrN3O2S. The molecule has 7 heteroatoms. The van der Waals surface area contributed by atoms with Crippen molar-refractivity contribution >= 4 is 37.6 Å². The van der Waals surface area contributed by atoms with Crippen LogP contribution in [-0.2, 0) is 10.0 Å². The maximum atomic E-state index is 13.4. The van der Waals surface area contributed by atoms with E-state index in [0.29, 0.717) is 11.9 Å². The number of rotatable bonds is 5. The van der Waals surface area contributed by atoms with Gasteiger partial charge >= 0.3 is 0 Å². The topological polar surface area (TPSA) is 62.1 Å². The Morgan fingerprint density at radius 1 is 0.800 bits per heavy atom. The molecule has 2 aromatic rings. The van der Waals surface area contributed by atoms with E-state index in [1.165, 1.54) is 38.5 Å². The Morgan fingerprint density at radius 3 is 2.03 bits per heavy atom. The molecule has 0 amide bonds. The summed E-state index contributed by atoms with van der Waals surface area (Å²) >= 11 is 3.54. The lowest BCUT2D eigenvalue weighted by Gasteiger charge is -2.49. The molecule has 5 rings (SSSR count). The molecule has 0 N–H and O–H groups in total. The molecule has 3 fully saturated rings. The lowest BCUT2D eigenvalue weighted by atomic mass is 9.82. The van der Waals surface area contributed by atoms with E-state index < -0.39 is 10.0 Å². The summed E-state index contributed by atoms with van der Waals surface area (Å²) in [6, 6.07) is 15.7. The second-order valence-corrected chi connectivity index (χ2v) is 12.7. The highest BCUT2D eigenvalue weighted by molar-refractivity contribution is 9.10. The quantitative estimate of drug-likeness (QED) is 0.398. The second kappa shape index (κ2) is 10.6. The molecule has 1 atom stereocenters. The molecule has 1 unspecified atom stereocenters. The fourth-order valence-corrected chi connectivity index (χ4v) is 6.92. The van der Waals surface area contributed by atoms with Crippen molar-refractivity contribution in [1.29, 1.82) is 0 Å². The van der Waals surface area contributed by atoms with Crippen molar-refractivity contribution in [1.82, 2.24) is 4.90 Å². The maximum Gasteiger partial charge on any atom is 0.283 e. The van der Waals surface area contributed by atoms with E-state index in [-0.39, 0.29) is 16.9 Å². The summed E-state index contributed by atoms with van der Waals surface area (Å²) in [4.78, 5) is 7.74. The van der Waals surface area contributed by atoms with Crippen LogP contribution in [-0.4, -0.2) is 37.1 Å². The summed E-state index contributed by atoms with van der Waals surface area (Å²) in [6.07, 6.45) is 11.6. The van der Waals surface area contributed by atoms with E-state index >= 15 is 0 Å². The predicted octanol–water partition coefficient (Wildman–Crippen LogP) is 7.01. The molecule has 0 radical (unpaired) electrons. The van der Waals surface area contributed by atoms with Crippen molar-refractivity contribution in [3.63, 3.8) is 0 Å². The molecule has 2 saturated carbocycles. The summed E-state index contributed by atoms with van der Waals surface area (Å²) < 4.78 is 32.4. The first-order chi connectivity index (χ1) is 16.9. The Hall–Kier alpha value is -1.99. The third-order valence-electron chi connectivity index (χ3n) is 7.58. The maximum absolute atomic E-state index is 13.4. The number of likely N-dealkylation sites (tertiary alicyclic amines) is 1. The number of aliphatic imine (C=N–C) groups is 1. The van der Waals surface area contributed by atoms with Crippen LogP contribution in [0.3, 0.4) is 0 Å². The van der Waals surface area contributed by atoms with Crippen LogP contribution in [0.25, 0.3) is 0 Å². The van der Waals surface area contributed by atoms with Gasteiger partial charge in [0.15, 0.2) is 0 Å². The first-order valence-electron chi connectivity index (χ1n) is 13.0. The lowest BCUT2D eigenvalue weighted by molar-refractivity contribution is 0.293. The van der Waals surface area contributed by atoms with Gasteiger partial charge in [0.1, 0.15) is 17.6 Å². The van der Waals surface area contributed by atoms with Gasteiger partial charge in [-0.1, -0.05) is 84.3 Å². The summed E-state index contributed by atoms with van der Waals surface area (Å²) in [5, 5.41) is 0. The molecule has 1 aliphatic heterocycles. The average molecular weight is 557 g/mol. The van der Waals surface area contributed by atoms with E-state index in [9.17, 15) is 8.42 Å². The monoisotopic (exact) mass is 555 g/mol. The summed E-state index contributed by atoms with van der Waals surface area (Å²) in [5.41, 5.74) is 2.08. The zero-order chi connectivity index (χ0) is 24.4. The van der Waals surface area contributed by atoms with Crippen molar-refractivity contribution in [2.24, 2.45) is 9.39 Å². The molecule has 0 bridgehead atoms. The minimum atomic E-state index is -3.83. The SMILES string of the molecule is Cc1ccc(S(=O)(=O)/N=C2/C(c3ccc(Br)cc3)C(=NC3CCCCC3)N2C2CCCCC2)cc1. The van der Waals surface area contributed by atoms with Gasteiger partial charge in [0.2, 0.25) is 0 Å². The van der Waals surface area contributed by atoms with E-state index in [1.54, 1.807) is 12.1 Å². The van der Waals surface area contributed by atoms with Crippen LogP contribution in [0.2, 0.25) is 0 Å². The van der Waals surface area contributed by atoms with Crippen molar-refractivity contribution in [2.75, 3.05) is 0 Å². The highest BCUT2D eigenvalue weighted by Crippen LogP contribution is 2.40. The normalized spacial score (nSPS) is 24.6. The van der Waals surface area contributed by atoms with Gasteiger partial charge in [-0.15, -0.1) is 4.40 Å². The fourth-order valence-electron chi connectivity index (χ4n) is 5.63. The van der Waals surface area contributed by atoms with Gasteiger partial charge < -0.3 is 4.90 Å². The van der Waals surface area contributed by atoms with E-state index in [2.05, 4.69) is 37.4 Å². The predicted molar refractivity (Wildman–Crippen MR) is 146 cm³/mol. The number of nitrogens with zero attached hydrogens (tertiary/aromatic N) is 3. The minimum absolute atomic E-state index is 0.216. The van der Waals surface area contributed by atoms with Crippen LogP contribution in [0.15, 0.2) is 67.3 Å². The van der Waals surface area contributed by atoms with E-state index in [1.807, 2.05) is 31.2 Å². The number of benzene rings is 2. The van der Waals surface area contributed by atoms with Crippen molar-refractivity contribution in [3.8, 4) is 0 Å². The Bertz CT molecular complexity index is 1190. The third kappa shape index (κ3) is 5.41. The largest absolute Gasteiger partial charge is 0.313 e. The Labute approximate surface area is 217 Å². The highest BCUT2D eigenvalue weighted by Gasteiger charge is 2.48. The minimum Gasteiger partial charge on any atom is -0.313 e. The lowest BCUT2D eigenvalue weighted by Crippen LogP contribution is -2.61. The number of hydrogen-bond acceptors (Lipinski definition) is 3. The molecule has 1 heterocycles. The van der Waals surface area contributed by atoms with E-state index in [0.717, 1.165) is 47.1 Å². The van der Waals surface area contributed by atoms with Gasteiger partial charge in [0, 0.05) is 10.5 Å². The van der Waals surface area contributed by atoms with Gasteiger partial charge in [-0.05, 0) is 62.4 Å². The number of aryl methyl sites for hydroxylation is 1. The van der Waals surface area contributed by atoms with Gasteiger partial charge in [-0.3, -0.25) is 4.99 Å². The Morgan fingerprint density at radius 2 is 1.40 bits per heavy atom. The molecule has 0 aromatic heterocycles. The van der Waals surface area contributed by atoms with Crippen LogP contribution in [0.5, 0.6) is 0 Å². The molecule has 1 saturated heterocycles. The van der Waals surface area contributed by atoms with Gasteiger partial charge in [0.05, 0.1) is 10.9 Å². The smallest absolute Gasteiger partial charge is 0.283 e. The van der Waals surface area contributed by atoms with Crippen LogP contribution in [0.4, 0.5) is 0 Å². The molecule has 35 heavy (non-hydrogen) atoms. The molecule has 5 nitrogen and oxygen atoms in total. The Balaban J connectivity index is 1.60. The molecular weight excluding hydrogens is 522 g/mol. The van der Waals surface area contributed by atoms with Crippen LogP contribution in [0, 0.1) is 6.92 Å². The highest BCUT2D eigenvalue weighted by atomic mass is 79.9. The summed E-state index contributed by atoms with van der Waals surface area (Å²) in [7, 11) is -3.83. The molecule has 2 aliphatic carbocycles. The third-order valence-corrected chi connectivity index (χ3v) is 9.40. The standard InChI is InChI=1S/C28H34BrN3O2S/c1-20-12-18-25(19-13-20)35(33,34)31-28-26(21-14-16-22(29)17-15-21)27(30-23-8-4-2-5-9-23)32(28)24-10-6-3-7-11-24/h12-19,23-24,26H,2-11H2,1H3/b30-27?,31-28-. The van der Waals surface area contributed by atoms with Crippen LogP contribution in [0.1, 0.15) is 81.3 Å². The molecule has 186 valence electrons. The van der Waals surface area contributed by atoms with Crippen molar-refractivity contribution < 1.29 is 8.42 Å². The van der Waals surface area contributed by atoms with Gasteiger partial charge in [-0.25, -0.2) is 0 Å². The number of halogens is 1. The first kappa shape index (κ1) is 24.7. The van der Waals surface area contributed by atoms with Crippen LogP contribution < -0.4 is 0 Å². The zero-order valence-electron chi connectivity index (χ0n) is 20.4. The molecule has 3 aliphatic rings. The van der Waals surface area contributed by atoms with Gasteiger partial charge in [0.25, 0.3) is 10.0 Å². The molecule has 2 aromatic carbocycles. The number of amidine groups is 2. The first-order valence-corrected chi connectivity index (χ1v) is 15.2. The number of hydrogen-bond donors (Lipinski definition) is 0. The summed E-state index contributed by atoms with van der Waals surface area (Å²) in [5.74, 6) is 1.44. The van der Waals surface area contributed by atoms with E-state index in [4.69, 9.17) is 4.99 Å². The van der Waals surface area contributed by atoms with Crippen molar-refractivity contribution in [2.45, 2.75) is 94.0 Å². The second-order valence-electron chi connectivity index (χ2n) is 10.2.